The van der Waals surface area contributed by atoms with Crippen LogP contribution in [-0.2, 0) is 5.41 Å². The average molecular weight is 268 g/mol. The van der Waals surface area contributed by atoms with E-state index in [0.717, 1.165) is 22.5 Å². The topological polar surface area (TPSA) is 25.8 Å². The van der Waals surface area contributed by atoms with Crippen molar-refractivity contribution in [1.82, 2.24) is 9.97 Å². The molecular formula is C13H20N2S2. The van der Waals surface area contributed by atoms with Gasteiger partial charge in [0.15, 0.2) is 9.66 Å². The van der Waals surface area contributed by atoms with Gasteiger partial charge >= 0.3 is 0 Å². The van der Waals surface area contributed by atoms with Gasteiger partial charge in [-0.25, -0.2) is 9.97 Å². The van der Waals surface area contributed by atoms with E-state index in [1.54, 1.807) is 22.7 Å². The lowest BCUT2D eigenvalue weighted by Crippen LogP contribution is -2.14. The maximum absolute atomic E-state index is 4.77. The third-order valence-electron chi connectivity index (χ3n) is 3.49. The fourth-order valence-corrected chi connectivity index (χ4v) is 3.84. The van der Waals surface area contributed by atoms with Crippen LogP contribution in [0.15, 0.2) is 0 Å². The highest BCUT2D eigenvalue weighted by Gasteiger charge is 2.24. The minimum atomic E-state index is 0.182. The lowest BCUT2D eigenvalue weighted by molar-refractivity contribution is 0.504. The SMILES string of the molecule is CCC(C)c1nc2sc(C(C)(C)CC)nc2s1. The summed E-state index contributed by atoms with van der Waals surface area (Å²) in [5, 5.41) is 2.46. The zero-order valence-electron chi connectivity index (χ0n) is 11.2. The maximum atomic E-state index is 4.77. The summed E-state index contributed by atoms with van der Waals surface area (Å²) in [5.41, 5.74) is 0.182. The molecule has 0 N–H and O–H groups in total. The molecule has 2 nitrogen and oxygen atoms in total. The van der Waals surface area contributed by atoms with Crippen molar-refractivity contribution in [3.05, 3.63) is 10.0 Å². The monoisotopic (exact) mass is 268 g/mol. The molecule has 17 heavy (non-hydrogen) atoms. The predicted octanol–water partition coefficient (Wildman–Crippen LogP) is 4.95. The molecule has 94 valence electrons. The second-order valence-electron chi connectivity index (χ2n) is 5.23. The standard InChI is InChI=1S/C13H20N2S2/c1-6-8(3)9-14-10-11(16-9)15-12(17-10)13(4,5)7-2/h8H,6-7H2,1-5H3. The highest BCUT2D eigenvalue weighted by atomic mass is 32.1. The molecule has 2 heterocycles. The first kappa shape index (κ1) is 13.0. The van der Waals surface area contributed by atoms with Crippen molar-refractivity contribution >= 4 is 32.3 Å². The molecule has 0 aliphatic heterocycles. The number of hydrogen-bond donors (Lipinski definition) is 0. The van der Waals surface area contributed by atoms with Crippen LogP contribution in [0.1, 0.15) is 63.4 Å². The Kier molecular flexibility index (Phi) is 3.55. The Morgan fingerprint density at radius 2 is 1.76 bits per heavy atom. The molecule has 2 aromatic rings. The minimum Gasteiger partial charge on any atom is -0.228 e. The van der Waals surface area contributed by atoms with Crippen molar-refractivity contribution < 1.29 is 0 Å². The highest BCUT2D eigenvalue weighted by molar-refractivity contribution is 7.26. The van der Waals surface area contributed by atoms with Gasteiger partial charge in [0.05, 0.1) is 5.01 Å². The van der Waals surface area contributed by atoms with Crippen LogP contribution in [0.2, 0.25) is 0 Å². The number of thiazole rings is 2. The van der Waals surface area contributed by atoms with Crippen LogP contribution in [0, 0.1) is 0 Å². The quantitative estimate of drug-likeness (QED) is 0.783. The Morgan fingerprint density at radius 1 is 1.12 bits per heavy atom. The molecule has 1 unspecified atom stereocenters. The van der Waals surface area contributed by atoms with Crippen molar-refractivity contribution in [3.63, 3.8) is 0 Å². The van der Waals surface area contributed by atoms with Crippen LogP contribution in [0.25, 0.3) is 9.66 Å². The molecule has 4 heteroatoms. The van der Waals surface area contributed by atoms with Crippen LogP contribution < -0.4 is 0 Å². The second-order valence-corrected chi connectivity index (χ2v) is 7.21. The van der Waals surface area contributed by atoms with E-state index in [-0.39, 0.29) is 5.41 Å². The van der Waals surface area contributed by atoms with Gasteiger partial charge in [-0.3, -0.25) is 0 Å². The molecule has 0 aliphatic rings. The molecule has 0 fully saturated rings. The second kappa shape index (κ2) is 4.65. The number of rotatable bonds is 4. The van der Waals surface area contributed by atoms with Gasteiger partial charge in [-0.2, -0.15) is 0 Å². The van der Waals surface area contributed by atoms with E-state index >= 15 is 0 Å². The largest absolute Gasteiger partial charge is 0.228 e. The summed E-state index contributed by atoms with van der Waals surface area (Å²) in [7, 11) is 0. The first-order chi connectivity index (χ1) is 7.97. The fraction of sp³-hybridized carbons (Fsp3) is 0.692. The van der Waals surface area contributed by atoms with E-state index in [2.05, 4.69) is 34.6 Å². The number of nitrogens with zero attached hydrogens (tertiary/aromatic N) is 2. The summed E-state index contributed by atoms with van der Waals surface area (Å²) in [6, 6.07) is 0. The van der Waals surface area contributed by atoms with Crippen LogP contribution in [-0.4, -0.2) is 9.97 Å². The third-order valence-corrected chi connectivity index (χ3v) is 6.11. The van der Waals surface area contributed by atoms with E-state index in [9.17, 15) is 0 Å². The van der Waals surface area contributed by atoms with Gasteiger partial charge in [0, 0.05) is 11.3 Å². The smallest absolute Gasteiger partial charge is 0.155 e. The van der Waals surface area contributed by atoms with Crippen LogP contribution in [0.4, 0.5) is 0 Å². The zero-order valence-corrected chi connectivity index (χ0v) is 12.8. The number of fused-ring (bicyclic) bond motifs is 1. The van der Waals surface area contributed by atoms with Crippen LogP contribution in [0.5, 0.6) is 0 Å². The van der Waals surface area contributed by atoms with Crippen molar-refractivity contribution in [2.24, 2.45) is 0 Å². The van der Waals surface area contributed by atoms with Gasteiger partial charge in [0.2, 0.25) is 0 Å². The van der Waals surface area contributed by atoms with E-state index in [4.69, 9.17) is 9.97 Å². The van der Waals surface area contributed by atoms with Gasteiger partial charge < -0.3 is 0 Å². The van der Waals surface area contributed by atoms with E-state index < -0.39 is 0 Å². The van der Waals surface area contributed by atoms with Crippen LogP contribution >= 0.6 is 22.7 Å². The van der Waals surface area contributed by atoms with Gasteiger partial charge in [0.1, 0.15) is 5.01 Å². The lowest BCUT2D eigenvalue weighted by Gasteiger charge is -2.18. The van der Waals surface area contributed by atoms with E-state index in [1.807, 2.05) is 0 Å². The van der Waals surface area contributed by atoms with Gasteiger partial charge in [-0.05, 0) is 12.8 Å². The van der Waals surface area contributed by atoms with Crippen molar-refractivity contribution in [2.75, 3.05) is 0 Å². The van der Waals surface area contributed by atoms with Gasteiger partial charge in [-0.15, -0.1) is 0 Å². The molecule has 0 spiro atoms. The average Bonchev–Trinajstić information content (AvgIpc) is 2.85. The van der Waals surface area contributed by atoms with Gasteiger partial charge in [0.25, 0.3) is 0 Å². The molecular weight excluding hydrogens is 248 g/mol. The van der Waals surface area contributed by atoms with Crippen molar-refractivity contribution in [1.29, 1.82) is 0 Å². The Morgan fingerprint density at radius 3 is 2.29 bits per heavy atom. The Balaban J connectivity index is 2.38. The van der Waals surface area contributed by atoms with Crippen molar-refractivity contribution in [3.8, 4) is 0 Å². The summed E-state index contributed by atoms with van der Waals surface area (Å²) < 4.78 is 0. The highest BCUT2D eigenvalue weighted by Crippen LogP contribution is 2.37. The van der Waals surface area contributed by atoms with Gasteiger partial charge in [-0.1, -0.05) is 57.3 Å². The molecule has 2 rings (SSSR count). The normalized spacial score (nSPS) is 14.4. The zero-order chi connectivity index (χ0) is 12.6. The van der Waals surface area contributed by atoms with E-state index in [1.165, 1.54) is 10.0 Å². The lowest BCUT2D eigenvalue weighted by atomic mass is 9.91. The Labute approximate surface area is 111 Å². The van der Waals surface area contributed by atoms with E-state index in [0.29, 0.717) is 5.92 Å². The summed E-state index contributed by atoms with van der Waals surface area (Å²) in [6.45, 7) is 11.2. The molecule has 1 atom stereocenters. The summed E-state index contributed by atoms with van der Waals surface area (Å²) in [4.78, 5) is 11.7. The Bertz CT molecular complexity index is 479. The van der Waals surface area contributed by atoms with Crippen molar-refractivity contribution in [2.45, 2.75) is 58.8 Å². The predicted molar refractivity (Wildman–Crippen MR) is 77.3 cm³/mol. The number of hydrogen-bond acceptors (Lipinski definition) is 4. The first-order valence-electron chi connectivity index (χ1n) is 6.25. The summed E-state index contributed by atoms with van der Waals surface area (Å²) in [6.07, 6.45) is 2.26. The molecule has 2 aromatic heterocycles. The minimum absolute atomic E-state index is 0.182. The fourth-order valence-electron chi connectivity index (χ4n) is 1.48. The van der Waals surface area contributed by atoms with Crippen LogP contribution in [0.3, 0.4) is 0 Å². The maximum Gasteiger partial charge on any atom is 0.155 e. The molecule has 0 aromatic carbocycles. The first-order valence-corrected chi connectivity index (χ1v) is 7.89. The molecule has 0 saturated heterocycles. The molecule has 0 aliphatic carbocycles. The summed E-state index contributed by atoms with van der Waals surface area (Å²) in [5.74, 6) is 0.559. The summed E-state index contributed by atoms with van der Waals surface area (Å²) >= 11 is 3.53. The molecule has 0 radical (unpaired) electrons. The molecule has 0 bridgehead atoms. The number of aromatic nitrogens is 2. The molecule has 0 amide bonds. The third kappa shape index (κ3) is 2.38. The Hall–Kier alpha value is -0.480. The molecule has 0 saturated carbocycles.